The number of anilines is 2. The molecule has 3 N–H and O–H groups in total. The van der Waals surface area contributed by atoms with Crippen LogP contribution in [0.25, 0.3) is 0 Å². The molecule has 3 heterocycles. The maximum atomic E-state index is 5.78. The quantitative estimate of drug-likeness (QED) is 0.711. The largest absolute Gasteiger partial charge is 0.368 e. The van der Waals surface area contributed by atoms with E-state index in [9.17, 15) is 0 Å². The molecule has 0 unspecified atom stereocenters. The van der Waals surface area contributed by atoms with Crippen LogP contribution < -0.4 is 16.0 Å². The molecule has 5 nitrogen and oxygen atoms in total. The van der Waals surface area contributed by atoms with E-state index in [0.29, 0.717) is 5.95 Å². The summed E-state index contributed by atoms with van der Waals surface area (Å²) in [5, 5.41) is 3.38. The van der Waals surface area contributed by atoms with E-state index >= 15 is 0 Å². The molecule has 1 aromatic rings. The molecule has 86 valence electrons. The van der Waals surface area contributed by atoms with Crippen molar-refractivity contribution in [3.05, 3.63) is 11.3 Å². The number of nitrogens with zero attached hydrogens (tertiary/aromatic N) is 3. The third-order valence-electron chi connectivity index (χ3n) is 3.33. The van der Waals surface area contributed by atoms with Gasteiger partial charge in [-0.2, -0.15) is 4.98 Å². The number of hydrogen-bond donors (Lipinski definition) is 2. The van der Waals surface area contributed by atoms with Gasteiger partial charge < -0.3 is 16.0 Å². The molecule has 1 fully saturated rings. The molecule has 0 saturated carbocycles. The van der Waals surface area contributed by atoms with Crippen LogP contribution in [0.4, 0.5) is 11.8 Å². The summed E-state index contributed by atoms with van der Waals surface area (Å²) in [5.41, 5.74) is 8.17. The zero-order valence-electron chi connectivity index (χ0n) is 9.37. The normalized spacial score (nSPS) is 19.9. The molecule has 0 aromatic carbocycles. The second-order valence-electron chi connectivity index (χ2n) is 4.45. The van der Waals surface area contributed by atoms with E-state index in [4.69, 9.17) is 5.73 Å². The summed E-state index contributed by atoms with van der Waals surface area (Å²) >= 11 is 0. The smallest absolute Gasteiger partial charge is 0.222 e. The maximum Gasteiger partial charge on any atom is 0.222 e. The van der Waals surface area contributed by atoms with Crippen LogP contribution >= 0.6 is 0 Å². The van der Waals surface area contributed by atoms with Crippen LogP contribution in [0.1, 0.15) is 24.1 Å². The van der Waals surface area contributed by atoms with Crippen molar-refractivity contribution in [3.8, 4) is 0 Å². The highest BCUT2D eigenvalue weighted by atomic mass is 15.2. The van der Waals surface area contributed by atoms with E-state index < -0.39 is 0 Å². The zero-order chi connectivity index (χ0) is 11.0. The molecule has 16 heavy (non-hydrogen) atoms. The summed E-state index contributed by atoms with van der Waals surface area (Å²) in [4.78, 5) is 11.1. The molecule has 1 aromatic heterocycles. The highest BCUT2D eigenvalue weighted by molar-refractivity contribution is 5.53. The van der Waals surface area contributed by atoms with Gasteiger partial charge in [-0.25, -0.2) is 4.98 Å². The molecule has 5 heteroatoms. The Balaban J connectivity index is 2.04. The Morgan fingerprint density at radius 1 is 1.19 bits per heavy atom. The number of nitrogen functional groups attached to an aromatic ring is 1. The molecule has 2 aliphatic heterocycles. The molecule has 3 rings (SSSR count). The highest BCUT2D eigenvalue weighted by Crippen LogP contribution is 2.26. The lowest BCUT2D eigenvalue weighted by Gasteiger charge is -2.24. The predicted molar refractivity (Wildman–Crippen MR) is 63.3 cm³/mol. The summed E-state index contributed by atoms with van der Waals surface area (Å²) in [5.74, 6) is 1.48. The first-order chi connectivity index (χ1) is 7.84. The van der Waals surface area contributed by atoms with Gasteiger partial charge in [-0.1, -0.05) is 0 Å². The van der Waals surface area contributed by atoms with Gasteiger partial charge in [-0.15, -0.1) is 0 Å². The maximum absolute atomic E-state index is 5.78. The molecule has 0 spiro atoms. The minimum absolute atomic E-state index is 0.419. The van der Waals surface area contributed by atoms with Crippen LogP contribution in [-0.2, 0) is 13.0 Å². The van der Waals surface area contributed by atoms with E-state index in [0.717, 1.165) is 44.1 Å². The molecule has 0 aliphatic carbocycles. The van der Waals surface area contributed by atoms with Gasteiger partial charge in [-0.3, -0.25) is 0 Å². The monoisotopic (exact) mass is 219 g/mol. The minimum atomic E-state index is 0.419. The second-order valence-corrected chi connectivity index (χ2v) is 4.45. The fourth-order valence-electron chi connectivity index (χ4n) is 2.53. The van der Waals surface area contributed by atoms with Gasteiger partial charge in [0.25, 0.3) is 0 Å². The third-order valence-corrected chi connectivity index (χ3v) is 3.33. The Labute approximate surface area is 95.1 Å². The lowest BCUT2D eigenvalue weighted by Crippen LogP contribution is -2.30. The Morgan fingerprint density at radius 3 is 2.81 bits per heavy atom. The summed E-state index contributed by atoms with van der Waals surface area (Å²) in [6, 6.07) is 0. The third kappa shape index (κ3) is 1.61. The van der Waals surface area contributed by atoms with E-state index in [1.54, 1.807) is 0 Å². The van der Waals surface area contributed by atoms with Crippen LogP contribution in [0.3, 0.4) is 0 Å². The molecule has 2 aliphatic rings. The van der Waals surface area contributed by atoms with Crippen molar-refractivity contribution in [2.75, 3.05) is 30.3 Å². The number of rotatable bonds is 1. The SMILES string of the molecule is Nc1nc2c(c(N3CCCC3)n1)CNCC2. The zero-order valence-corrected chi connectivity index (χ0v) is 9.37. The molecular weight excluding hydrogens is 202 g/mol. The topological polar surface area (TPSA) is 67.1 Å². The van der Waals surface area contributed by atoms with Crippen LogP contribution in [0, 0.1) is 0 Å². The van der Waals surface area contributed by atoms with Gasteiger partial charge in [0.15, 0.2) is 0 Å². The fraction of sp³-hybridized carbons (Fsp3) is 0.636. The van der Waals surface area contributed by atoms with Crippen molar-refractivity contribution in [1.29, 1.82) is 0 Å². The van der Waals surface area contributed by atoms with Gasteiger partial charge in [0, 0.05) is 38.2 Å². The van der Waals surface area contributed by atoms with E-state index in [1.807, 2.05) is 0 Å². The number of nitrogens with one attached hydrogen (secondary N) is 1. The van der Waals surface area contributed by atoms with Gasteiger partial charge in [0.05, 0.1) is 5.69 Å². The summed E-state index contributed by atoms with van der Waals surface area (Å²) < 4.78 is 0. The fourth-order valence-corrected chi connectivity index (χ4v) is 2.53. The molecule has 0 amide bonds. The van der Waals surface area contributed by atoms with Crippen molar-refractivity contribution in [2.24, 2.45) is 0 Å². The standard InChI is InChI=1S/C11H17N5/c12-11-14-9-3-4-13-7-8(9)10(15-11)16-5-1-2-6-16/h13H,1-7H2,(H2,12,14,15). The second kappa shape index (κ2) is 3.90. The lowest BCUT2D eigenvalue weighted by molar-refractivity contribution is 0.624. The van der Waals surface area contributed by atoms with Gasteiger partial charge >= 0.3 is 0 Å². The average Bonchev–Trinajstić information content (AvgIpc) is 2.81. The van der Waals surface area contributed by atoms with Crippen molar-refractivity contribution >= 4 is 11.8 Å². The van der Waals surface area contributed by atoms with Crippen LogP contribution in [0.15, 0.2) is 0 Å². The van der Waals surface area contributed by atoms with E-state index in [1.165, 1.54) is 18.4 Å². The van der Waals surface area contributed by atoms with Crippen molar-refractivity contribution in [3.63, 3.8) is 0 Å². The number of aromatic nitrogens is 2. The molecular formula is C11H17N5. The van der Waals surface area contributed by atoms with Crippen LogP contribution in [0.5, 0.6) is 0 Å². The first-order valence-corrected chi connectivity index (χ1v) is 5.95. The van der Waals surface area contributed by atoms with Crippen molar-refractivity contribution in [2.45, 2.75) is 25.8 Å². The van der Waals surface area contributed by atoms with E-state index in [2.05, 4.69) is 20.2 Å². The lowest BCUT2D eigenvalue weighted by atomic mass is 10.1. The summed E-state index contributed by atoms with van der Waals surface area (Å²) in [7, 11) is 0. The molecule has 0 atom stereocenters. The Bertz CT molecular complexity index is 398. The number of hydrogen-bond acceptors (Lipinski definition) is 5. The molecule has 1 saturated heterocycles. The van der Waals surface area contributed by atoms with Crippen LogP contribution in [0.2, 0.25) is 0 Å². The van der Waals surface area contributed by atoms with Gasteiger partial charge in [0.1, 0.15) is 5.82 Å². The van der Waals surface area contributed by atoms with E-state index in [-0.39, 0.29) is 0 Å². The van der Waals surface area contributed by atoms with Crippen molar-refractivity contribution < 1.29 is 0 Å². The van der Waals surface area contributed by atoms with Crippen molar-refractivity contribution in [1.82, 2.24) is 15.3 Å². The summed E-state index contributed by atoms with van der Waals surface area (Å²) in [6.07, 6.45) is 3.47. The average molecular weight is 219 g/mol. The number of fused-ring (bicyclic) bond motifs is 1. The Morgan fingerprint density at radius 2 is 2.00 bits per heavy atom. The van der Waals surface area contributed by atoms with Crippen LogP contribution in [-0.4, -0.2) is 29.6 Å². The molecule has 0 radical (unpaired) electrons. The van der Waals surface area contributed by atoms with Gasteiger partial charge in [-0.05, 0) is 12.8 Å². The first-order valence-electron chi connectivity index (χ1n) is 5.95. The Hall–Kier alpha value is -1.36. The summed E-state index contributed by atoms with van der Waals surface area (Å²) in [6.45, 7) is 4.07. The number of nitrogens with two attached hydrogens (primary N) is 1. The van der Waals surface area contributed by atoms with Gasteiger partial charge in [0.2, 0.25) is 5.95 Å². The Kier molecular flexibility index (Phi) is 2.40. The minimum Gasteiger partial charge on any atom is -0.368 e. The predicted octanol–water partition coefficient (Wildman–Crippen LogP) is 0.305. The first kappa shape index (κ1) is 9.84. The highest BCUT2D eigenvalue weighted by Gasteiger charge is 2.22. The molecule has 0 bridgehead atoms.